The molecule has 1 N–H and O–H groups in total. The van der Waals surface area contributed by atoms with Gasteiger partial charge in [0.1, 0.15) is 17.3 Å². The highest BCUT2D eigenvalue weighted by atomic mass is 32.2. The third-order valence-electron chi connectivity index (χ3n) is 4.54. The molecule has 2 heterocycles. The SMILES string of the molecule is O=C(C1NC=C(c2cnccc2Oc2ccc(F)cc2)S1)S(=O)(=O)c1ccc([N+](=O)[O-])cc1. The standard InChI is InChI=1S/C21H14FN3O6S2/c22-13-1-5-15(6-2-13)31-18-9-10-23-11-17(18)19-12-24-20(32-19)21(26)33(29,30)16-7-3-14(4-8-16)25(27)28/h1-12,20,24H. The predicted molar refractivity (Wildman–Crippen MR) is 118 cm³/mol. The zero-order valence-corrected chi connectivity index (χ0v) is 18.2. The van der Waals surface area contributed by atoms with Gasteiger partial charge in [-0.2, -0.15) is 0 Å². The first kappa shape index (κ1) is 22.4. The molecule has 2 aromatic carbocycles. The first-order valence-corrected chi connectivity index (χ1v) is 11.7. The minimum absolute atomic E-state index is 0.288. The third-order valence-corrected chi connectivity index (χ3v) is 7.52. The van der Waals surface area contributed by atoms with Crippen LogP contribution < -0.4 is 10.1 Å². The highest BCUT2D eigenvalue weighted by Gasteiger charge is 2.36. The Morgan fingerprint density at radius 3 is 2.48 bits per heavy atom. The first-order chi connectivity index (χ1) is 15.8. The number of nitrogens with zero attached hydrogens (tertiary/aromatic N) is 2. The molecule has 1 aliphatic heterocycles. The van der Waals surface area contributed by atoms with Crippen LogP contribution in [0.2, 0.25) is 0 Å². The molecule has 0 aliphatic carbocycles. The van der Waals surface area contributed by atoms with Crippen molar-refractivity contribution in [3.8, 4) is 11.5 Å². The topological polar surface area (TPSA) is 128 Å². The van der Waals surface area contributed by atoms with Gasteiger partial charge in [-0.3, -0.25) is 19.9 Å². The lowest BCUT2D eigenvalue weighted by Gasteiger charge is -2.12. The highest BCUT2D eigenvalue weighted by molar-refractivity contribution is 8.14. The molecule has 0 saturated carbocycles. The molecule has 1 atom stereocenters. The van der Waals surface area contributed by atoms with Crippen molar-refractivity contribution in [2.24, 2.45) is 0 Å². The van der Waals surface area contributed by atoms with E-state index in [2.05, 4.69) is 10.3 Å². The fraction of sp³-hybridized carbons (Fsp3) is 0.0476. The summed E-state index contributed by atoms with van der Waals surface area (Å²) in [5.41, 5.74) is 0.214. The van der Waals surface area contributed by atoms with E-state index >= 15 is 0 Å². The van der Waals surface area contributed by atoms with Crippen LogP contribution in [0.3, 0.4) is 0 Å². The average Bonchev–Trinajstić information content (AvgIpc) is 3.30. The smallest absolute Gasteiger partial charge is 0.283 e. The summed E-state index contributed by atoms with van der Waals surface area (Å²) in [4.78, 5) is 27.1. The minimum atomic E-state index is -4.39. The molecule has 168 valence electrons. The number of ether oxygens (including phenoxy) is 1. The van der Waals surface area contributed by atoms with Gasteiger partial charge < -0.3 is 10.1 Å². The van der Waals surface area contributed by atoms with Crippen LogP contribution in [-0.4, -0.2) is 28.8 Å². The molecule has 0 fully saturated rings. The molecule has 1 aromatic heterocycles. The molecular formula is C21H14FN3O6S2. The fourth-order valence-corrected chi connectivity index (χ4v) is 5.40. The van der Waals surface area contributed by atoms with E-state index in [1.807, 2.05) is 0 Å². The molecule has 9 nitrogen and oxygen atoms in total. The van der Waals surface area contributed by atoms with E-state index in [1.54, 1.807) is 6.07 Å². The summed E-state index contributed by atoms with van der Waals surface area (Å²) < 4.78 is 44.4. The van der Waals surface area contributed by atoms with E-state index in [0.29, 0.717) is 22.0 Å². The Morgan fingerprint density at radius 1 is 1.12 bits per heavy atom. The highest BCUT2D eigenvalue weighted by Crippen LogP contribution is 2.40. The third kappa shape index (κ3) is 4.71. The van der Waals surface area contributed by atoms with Crippen molar-refractivity contribution < 1.29 is 27.3 Å². The van der Waals surface area contributed by atoms with Crippen molar-refractivity contribution in [1.82, 2.24) is 10.3 Å². The Hall–Kier alpha value is -3.77. The number of nitrogens with one attached hydrogen (secondary N) is 1. The van der Waals surface area contributed by atoms with Gasteiger partial charge in [-0.1, -0.05) is 11.8 Å². The van der Waals surface area contributed by atoms with E-state index in [1.165, 1.54) is 42.9 Å². The Bertz CT molecular complexity index is 1360. The van der Waals surface area contributed by atoms with Gasteiger partial charge in [0, 0.05) is 35.6 Å². The number of carbonyl (C=O) groups excluding carboxylic acids is 1. The summed E-state index contributed by atoms with van der Waals surface area (Å²) in [7, 11) is -4.39. The Morgan fingerprint density at radius 2 is 1.82 bits per heavy atom. The molecule has 0 radical (unpaired) electrons. The van der Waals surface area contributed by atoms with Crippen molar-refractivity contribution in [3.05, 3.63) is 94.7 Å². The molecule has 3 aromatic rings. The number of thioether (sulfide) groups is 1. The molecule has 33 heavy (non-hydrogen) atoms. The van der Waals surface area contributed by atoms with E-state index < -0.39 is 31.1 Å². The summed E-state index contributed by atoms with van der Waals surface area (Å²) in [6.45, 7) is 0. The normalized spacial score (nSPS) is 15.4. The average molecular weight is 487 g/mol. The van der Waals surface area contributed by atoms with Crippen LogP contribution in [0.25, 0.3) is 4.91 Å². The van der Waals surface area contributed by atoms with Crippen molar-refractivity contribution in [3.63, 3.8) is 0 Å². The van der Waals surface area contributed by atoms with E-state index in [0.717, 1.165) is 36.0 Å². The summed E-state index contributed by atoms with van der Waals surface area (Å²) in [6, 6.07) is 11.1. The molecule has 0 bridgehead atoms. The van der Waals surface area contributed by atoms with Crippen molar-refractivity contribution >= 4 is 37.3 Å². The molecule has 0 saturated heterocycles. The van der Waals surface area contributed by atoms with Gasteiger partial charge in [-0.25, -0.2) is 12.8 Å². The number of nitro benzene ring substituents is 1. The van der Waals surface area contributed by atoms with Crippen LogP contribution >= 0.6 is 11.8 Å². The number of halogens is 1. The number of pyridine rings is 1. The second-order valence-electron chi connectivity index (χ2n) is 6.67. The molecule has 0 amide bonds. The first-order valence-electron chi connectivity index (χ1n) is 9.30. The summed E-state index contributed by atoms with van der Waals surface area (Å²) in [5.74, 6) is 0.350. The lowest BCUT2D eigenvalue weighted by molar-refractivity contribution is -0.384. The molecular weight excluding hydrogens is 473 g/mol. The van der Waals surface area contributed by atoms with Gasteiger partial charge in [-0.05, 0) is 42.5 Å². The van der Waals surface area contributed by atoms with Gasteiger partial charge in [0.15, 0.2) is 5.37 Å². The summed E-state index contributed by atoms with van der Waals surface area (Å²) in [5, 5.41) is 11.3. The summed E-state index contributed by atoms with van der Waals surface area (Å²) >= 11 is 0.962. The number of benzene rings is 2. The van der Waals surface area contributed by atoms with Crippen LogP contribution in [0.4, 0.5) is 10.1 Å². The minimum Gasteiger partial charge on any atom is -0.457 e. The number of carbonyl (C=O) groups is 1. The van der Waals surface area contributed by atoms with Crippen LogP contribution in [0.1, 0.15) is 5.56 Å². The van der Waals surface area contributed by atoms with E-state index in [9.17, 15) is 27.7 Å². The van der Waals surface area contributed by atoms with Crippen LogP contribution in [0, 0.1) is 15.9 Å². The monoisotopic (exact) mass is 487 g/mol. The van der Waals surface area contributed by atoms with Gasteiger partial charge in [0.2, 0.25) is 9.84 Å². The van der Waals surface area contributed by atoms with Gasteiger partial charge in [0.25, 0.3) is 10.8 Å². The zero-order chi connectivity index (χ0) is 23.6. The lowest BCUT2D eigenvalue weighted by atomic mass is 10.2. The van der Waals surface area contributed by atoms with Crippen molar-refractivity contribution in [2.75, 3.05) is 0 Å². The molecule has 1 aliphatic rings. The second-order valence-corrected chi connectivity index (χ2v) is 9.70. The molecule has 0 spiro atoms. The number of sulfone groups is 1. The number of aromatic nitrogens is 1. The van der Waals surface area contributed by atoms with Crippen molar-refractivity contribution in [2.45, 2.75) is 10.3 Å². The molecule has 1 unspecified atom stereocenters. The van der Waals surface area contributed by atoms with E-state index in [-0.39, 0.29) is 10.6 Å². The molecule has 12 heteroatoms. The van der Waals surface area contributed by atoms with Crippen molar-refractivity contribution in [1.29, 1.82) is 0 Å². The number of non-ortho nitro benzene ring substituents is 1. The number of rotatable bonds is 6. The maximum absolute atomic E-state index is 13.1. The van der Waals surface area contributed by atoms with Crippen LogP contribution in [-0.2, 0) is 14.6 Å². The Kier molecular flexibility index (Phi) is 6.11. The van der Waals surface area contributed by atoms with Crippen LogP contribution in [0.5, 0.6) is 11.5 Å². The largest absolute Gasteiger partial charge is 0.457 e. The van der Waals surface area contributed by atoms with Crippen LogP contribution in [0.15, 0.2) is 78.1 Å². The lowest BCUT2D eigenvalue weighted by Crippen LogP contribution is -2.33. The summed E-state index contributed by atoms with van der Waals surface area (Å²) in [6.07, 6.45) is 4.47. The second kappa shape index (κ2) is 9.00. The number of nitro groups is 1. The maximum Gasteiger partial charge on any atom is 0.283 e. The number of hydrogen-bond donors (Lipinski definition) is 1. The number of hydrogen-bond acceptors (Lipinski definition) is 9. The quantitative estimate of drug-likeness (QED) is 0.407. The van der Waals surface area contributed by atoms with E-state index in [4.69, 9.17) is 4.74 Å². The fourth-order valence-electron chi connectivity index (χ4n) is 2.89. The van der Waals surface area contributed by atoms with Gasteiger partial charge in [-0.15, -0.1) is 0 Å². The van der Waals surface area contributed by atoms with Gasteiger partial charge in [0.05, 0.1) is 15.4 Å². The van der Waals surface area contributed by atoms with Gasteiger partial charge >= 0.3 is 0 Å². The Balaban J connectivity index is 1.52. The maximum atomic E-state index is 13.1. The Labute approximate surface area is 191 Å². The molecule has 4 rings (SSSR count). The zero-order valence-electron chi connectivity index (χ0n) is 16.5. The predicted octanol–water partition coefficient (Wildman–Crippen LogP) is 3.88.